The van der Waals surface area contributed by atoms with E-state index < -0.39 is 0 Å². The van der Waals surface area contributed by atoms with E-state index in [4.69, 9.17) is 5.73 Å². The molecule has 1 aliphatic carbocycles. The number of nitrogens with one attached hydrogen (secondary N) is 3. The Morgan fingerprint density at radius 1 is 1.17 bits per heavy atom. The summed E-state index contributed by atoms with van der Waals surface area (Å²) in [4.78, 5) is 18.3. The molecule has 0 spiro atoms. The monoisotopic (exact) mass is 319 g/mol. The first kappa shape index (κ1) is 16.5. The largest absolute Gasteiger partial charge is 0.369 e. The summed E-state index contributed by atoms with van der Waals surface area (Å²) in [5, 5.41) is 7.53. The van der Waals surface area contributed by atoms with Crippen molar-refractivity contribution < 1.29 is 0 Å². The second kappa shape index (κ2) is 5.60. The molecule has 0 bridgehead atoms. The first-order valence-corrected chi connectivity index (χ1v) is 8.54. The highest BCUT2D eigenvalue weighted by molar-refractivity contribution is 5.22. The molecule has 1 saturated carbocycles. The molecule has 0 aromatic carbocycles. The van der Waals surface area contributed by atoms with Gasteiger partial charge in [-0.2, -0.15) is 0 Å². The third kappa shape index (κ3) is 3.93. The number of nitrogens with zero attached hydrogens (tertiary/aromatic N) is 1. The molecule has 2 heterocycles. The third-order valence-electron chi connectivity index (χ3n) is 5.00. The van der Waals surface area contributed by atoms with Gasteiger partial charge < -0.3 is 16.4 Å². The number of aromatic nitrogens is 2. The normalized spacial score (nSPS) is 29.9. The highest BCUT2D eigenvalue weighted by atomic mass is 16.1. The Hall–Kier alpha value is -1.40. The van der Waals surface area contributed by atoms with Gasteiger partial charge in [-0.1, -0.05) is 0 Å². The van der Waals surface area contributed by atoms with Gasteiger partial charge in [0.25, 0.3) is 5.56 Å². The number of hydrogen-bond acceptors (Lipinski definition) is 5. The summed E-state index contributed by atoms with van der Waals surface area (Å²) in [6.45, 7) is 9.09. The van der Waals surface area contributed by atoms with Gasteiger partial charge >= 0.3 is 0 Å². The van der Waals surface area contributed by atoms with Crippen molar-refractivity contribution in [3.8, 4) is 0 Å². The van der Waals surface area contributed by atoms with Crippen molar-refractivity contribution in [3.05, 3.63) is 22.1 Å². The first-order valence-electron chi connectivity index (χ1n) is 8.54. The van der Waals surface area contributed by atoms with Gasteiger partial charge in [0.05, 0.1) is 5.69 Å². The molecule has 1 aromatic rings. The van der Waals surface area contributed by atoms with Crippen LogP contribution in [0.2, 0.25) is 0 Å². The van der Waals surface area contributed by atoms with E-state index in [0.717, 1.165) is 31.4 Å². The zero-order valence-corrected chi connectivity index (χ0v) is 14.6. The van der Waals surface area contributed by atoms with Crippen LogP contribution in [-0.4, -0.2) is 33.1 Å². The molecule has 6 nitrogen and oxygen atoms in total. The Morgan fingerprint density at radius 2 is 1.78 bits per heavy atom. The molecule has 0 unspecified atom stereocenters. The predicted molar refractivity (Wildman–Crippen MR) is 92.5 cm³/mol. The first-order chi connectivity index (χ1) is 10.6. The molecule has 5 N–H and O–H groups in total. The SMILES string of the molecule is CC1(C)CC(NC2CC(c3cc(=O)[nH]c(N)n3)C2)CC(C)(C)N1. The van der Waals surface area contributed by atoms with Gasteiger partial charge in [0, 0.05) is 35.1 Å². The third-order valence-corrected chi connectivity index (χ3v) is 5.00. The zero-order valence-electron chi connectivity index (χ0n) is 14.6. The standard InChI is InChI=1S/C17H29N5O/c1-16(2)8-12(9-17(3,4)22-16)19-11-5-10(6-11)13-7-14(23)21-15(18)20-13/h7,10-12,19,22H,5-6,8-9H2,1-4H3,(H3,18,20,21,23). The van der Waals surface area contributed by atoms with Gasteiger partial charge in [0.2, 0.25) is 5.95 Å². The van der Waals surface area contributed by atoms with E-state index in [2.05, 4.69) is 48.3 Å². The number of piperidine rings is 1. The number of anilines is 1. The highest BCUT2D eigenvalue weighted by Gasteiger charge is 2.40. The number of aromatic amines is 1. The second-order valence-electron chi connectivity index (χ2n) is 8.59. The minimum atomic E-state index is -0.161. The van der Waals surface area contributed by atoms with E-state index in [1.807, 2.05) is 0 Å². The second-order valence-corrected chi connectivity index (χ2v) is 8.59. The maximum atomic E-state index is 11.5. The minimum Gasteiger partial charge on any atom is -0.369 e. The van der Waals surface area contributed by atoms with Crippen LogP contribution in [0.25, 0.3) is 0 Å². The number of H-pyrrole nitrogens is 1. The van der Waals surface area contributed by atoms with Crippen LogP contribution in [0.4, 0.5) is 5.95 Å². The molecular weight excluding hydrogens is 290 g/mol. The number of nitrogen functional groups attached to an aromatic ring is 1. The summed E-state index contributed by atoms with van der Waals surface area (Å²) >= 11 is 0. The van der Waals surface area contributed by atoms with Gasteiger partial charge in [-0.05, 0) is 53.4 Å². The number of rotatable bonds is 3. The molecule has 23 heavy (non-hydrogen) atoms. The molecule has 6 heteroatoms. The maximum absolute atomic E-state index is 11.5. The number of nitrogens with two attached hydrogens (primary N) is 1. The quantitative estimate of drug-likeness (QED) is 0.677. The lowest BCUT2D eigenvalue weighted by Gasteiger charge is -2.49. The van der Waals surface area contributed by atoms with Crippen molar-refractivity contribution in [1.29, 1.82) is 0 Å². The van der Waals surface area contributed by atoms with E-state index in [9.17, 15) is 4.79 Å². The van der Waals surface area contributed by atoms with Crippen molar-refractivity contribution in [2.24, 2.45) is 0 Å². The summed E-state index contributed by atoms with van der Waals surface area (Å²) in [5.41, 5.74) is 6.61. The van der Waals surface area contributed by atoms with Gasteiger partial charge in [-0.15, -0.1) is 0 Å². The molecule has 2 aliphatic rings. The van der Waals surface area contributed by atoms with Crippen molar-refractivity contribution in [2.75, 3.05) is 5.73 Å². The molecule has 0 atom stereocenters. The van der Waals surface area contributed by atoms with Crippen LogP contribution in [0.5, 0.6) is 0 Å². The molecule has 0 radical (unpaired) electrons. The van der Waals surface area contributed by atoms with Gasteiger partial charge in [-0.25, -0.2) is 4.98 Å². The summed E-state index contributed by atoms with van der Waals surface area (Å²) in [6, 6.07) is 2.62. The Bertz CT molecular complexity index is 614. The molecule has 128 valence electrons. The van der Waals surface area contributed by atoms with Gasteiger partial charge in [-0.3, -0.25) is 9.78 Å². The van der Waals surface area contributed by atoms with Crippen molar-refractivity contribution >= 4 is 5.95 Å². The average molecular weight is 319 g/mol. The van der Waals surface area contributed by atoms with E-state index in [1.165, 1.54) is 0 Å². The van der Waals surface area contributed by atoms with E-state index >= 15 is 0 Å². The Morgan fingerprint density at radius 3 is 2.35 bits per heavy atom. The van der Waals surface area contributed by atoms with Crippen LogP contribution in [0.3, 0.4) is 0 Å². The fraction of sp³-hybridized carbons (Fsp3) is 0.765. The van der Waals surface area contributed by atoms with Crippen LogP contribution in [0.15, 0.2) is 10.9 Å². The average Bonchev–Trinajstić information content (AvgIpc) is 2.27. The van der Waals surface area contributed by atoms with E-state index in [-0.39, 0.29) is 22.6 Å². The van der Waals surface area contributed by atoms with Crippen LogP contribution in [0, 0.1) is 0 Å². The van der Waals surface area contributed by atoms with Crippen molar-refractivity contribution in [2.45, 2.75) is 82.5 Å². The van der Waals surface area contributed by atoms with Gasteiger partial charge in [0.1, 0.15) is 0 Å². The lowest BCUT2D eigenvalue weighted by atomic mass is 9.75. The van der Waals surface area contributed by atoms with E-state index in [1.54, 1.807) is 6.07 Å². The van der Waals surface area contributed by atoms with E-state index in [0.29, 0.717) is 18.0 Å². The highest BCUT2D eigenvalue weighted by Crippen LogP contribution is 2.37. The summed E-state index contributed by atoms with van der Waals surface area (Å²) in [6.07, 6.45) is 4.32. The zero-order chi connectivity index (χ0) is 16.8. The fourth-order valence-corrected chi connectivity index (χ4v) is 4.47. The lowest BCUT2D eigenvalue weighted by Crippen LogP contribution is -2.63. The Balaban J connectivity index is 1.57. The summed E-state index contributed by atoms with van der Waals surface area (Å²) < 4.78 is 0. The number of hydrogen-bond donors (Lipinski definition) is 4. The summed E-state index contributed by atoms with van der Waals surface area (Å²) in [5.74, 6) is 0.561. The van der Waals surface area contributed by atoms with Crippen LogP contribution >= 0.6 is 0 Å². The lowest BCUT2D eigenvalue weighted by molar-refractivity contribution is 0.125. The smallest absolute Gasteiger partial charge is 0.252 e. The van der Waals surface area contributed by atoms with Crippen LogP contribution < -0.4 is 21.9 Å². The molecule has 2 fully saturated rings. The van der Waals surface area contributed by atoms with Crippen LogP contribution in [0.1, 0.15) is 65.0 Å². The topological polar surface area (TPSA) is 95.8 Å². The molecular formula is C17H29N5O. The Kier molecular flexibility index (Phi) is 4.01. The minimum absolute atomic E-state index is 0.158. The summed E-state index contributed by atoms with van der Waals surface area (Å²) in [7, 11) is 0. The fourth-order valence-electron chi connectivity index (χ4n) is 4.47. The van der Waals surface area contributed by atoms with Crippen molar-refractivity contribution in [1.82, 2.24) is 20.6 Å². The molecule has 1 aromatic heterocycles. The molecule has 3 rings (SSSR count). The predicted octanol–water partition coefficient (Wildman–Crippen LogP) is 1.50. The molecule has 1 saturated heterocycles. The van der Waals surface area contributed by atoms with Gasteiger partial charge in [0.15, 0.2) is 0 Å². The molecule has 1 aliphatic heterocycles. The maximum Gasteiger partial charge on any atom is 0.252 e. The Labute approximate surface area is 137 Å². The van der Waals surface area contributed by atoms with Crippen LogP contribution in [-0.2, 0) is 0 Å². The van der Waals surface area contributed by atoms with Crippen molar-refractivity contribution in [3.63, 3.8) is 0 Å². The molecule has 0 amide bonds.